The molecule has 4 nitrogen and oxygen atoms in total. The second-order valence-electron chi connectivity index (χ2n) is 2.65. The standard InChI is InChI=1S/C9H10Cl2N2O2/c1-12-13-9(14)5-3-4-6(15-2)8(11)7(5)10/h3-4,12H,1-2H3,(H,13,14). The van der Waals surface area contributed by atoms with Gasteiger partial charge >= 0.3 is 0 Å². The quantitative estimate of drug-likeness (QED) is 0.804. The lowest BCUT2D eigenvalue weighted by atomic mass is 10.2. The summed E-state index contributed by atoms with van der Waals surface area (Å²) in [5.41, 5.74) is 5.19. The van der Waals surface area contributed by atoms with E-state index in [-0.39, 0.29) is 21.5 Å². The summed E-state index contributed by atoms with van der Waals surface area (Å²) in [5.74, 6) is 0.0785. The van der Waals surface area contributed by atoms with Crippen LogP contribution in [0.5, 0.6) is 5.75 Å². The molecule has 0 radical (unpaired) electrons. The van der Waals surface area contributed by atoms with Crippen molar-refractivity contribution in [3.63, 3.8) is 0 Å². The molecular weight excluding hydrogens is 239 g/mol. The van der Waals surface area contributed by atoms with Crippen LogP contribution in [0, 0.1) is 0 Å². The summed E-state index contributed by atoms with van der Waals surface area (Å²) in [5, 5.41) is 0.395. The Morgan fingerprint density at radius 2 is 2.00 bits per heavy atom. The van der Waals surface area contributed by atoms with Crippen LogP contribution in [0.1, 0.15) is 10.4 Å². The normalized spacial score (nSPS) is 9.87. The summed E-state index contributed by atoms with van der Waals surface area (Å²) in [6, 6.07) is 3.12. The van der Waals surface area contributed by atoms with Crippen molar-refractivity contribution < 1.29 is 9.53 Å². The molecule has 0 atom stereocenters. The van der Waals surface area contributed by atoms with Gasteiger partial charge in [0.05, 0.1) is 17.7 Å². The zero-order chi connectivity index (χ0) is 11.4. The second-order valence-corrected chi connectivity index (χ2v) is 3.40. The van der Waals surface area contributed by atoms with Crippen molar-refractivity contribution in [1.82, 2.24) is 10.9 Å². The Morgan fingerprint density at radius 3 is 2.53 bits per heavy atom. The van der Waals surface area contributed by atoms with Crippen molar-refractivity contribution in [2.75, 3.05) is 14.2 Å². The highest BCUT2D eigenvalue weighted by molar-refractivity contribution is 6.44. The number of rotatable bonds is 3. The van der Waals surface area contributed by atoms with E-state index >= 15 is 0 Å². The molecule has 82 valence electrons. The summed E-state index contributed by atoms with van der Waals surface area (Å²) >= 11 is 11.8. The maximum absolute atomic E-state index is 11.5. The maximum Gasteiger partial charge on any atom is 0.266 e. The molecule has 6 heteroatoms. The summed E-state index contributed by atoms with van der Waals surface area (Å²) < 4.78 is 4.96. The molecule has 0 fully saturated rings. The predicted molar refractivity (Wildman–Crippen MR) is 59.5 cm³/mol. The number of hydrazine groups is 1. The SMILES string of the molecule is CNNC(=O)c1ccc(OC)c(Cl)c1Cl. The first kappa shape index (κ1) is 12.1. The Kier molecular flexibility index (Phi) is 4.20. The summed E-state index contributed by atoms with van der Waals surface area (Å²) in [6.07, 6.45) is 0. The lowest BCUT2D eigenvalue weighted by Gasteiger charge is -2.09. The molecule has 1 aromatic rings. The highest BCUT2D eigenvalue weighted by atomic mass is 35.5. The van der Waals surface area contributed by atoms with Crippen LogP contribution in [0.4, 0.5) is 0 Å². The smallest absolute Gasteiger partial charge is 0.266 e. The first-order chi connectivity index (χ1) is 7.11. The van der Waals surface area contributed by atoms with Crippen molar-refractivity contribution in [2.24, 2.45) is 0 Å². The van der Waals surface area contributed by atoms with E-state index in [0.29, 0.717) is 5.75 Å². The van der Waals surface area contributed by atoms with E-state index in [4.69, 9.17) is 27.9 Å². The van der Waals surface area contributed by atoms with E-state index in [0.717, 1.165) is 0 Å². The summed E-state index contributed by atoms with van der Waals surface area (Å²) in [6.45, 7) is 0. The Labute approximate surface area is 97.5 Å². The molecule has 0 aliphatic heterocycles. The minimum Gasteiger partial charge on any atom is -0.495 e. The van der Waals surface area contributed by atoms with Crippen LogP contribution < -0.4 is 15.6 Å². The number of halogens is 2. The second kappa shape index (κ2) is 5.21. The van der Waals surface area contributed by atoms with Crippen LogP contribution in [-0.2, 0) is 0 Å². The van der Waals surface area contributed by atoms with Gasteiger partial charge in [-0.05, 0) is 12.1 Å². The fourth-order valence-electron chi connectivity index (χ4n) is 1.05. The Balaban J connectivity index is 3.11. The van der Waals surface area contributed by atoms with Gasteiger partial charge in [-0.2, -0.15) is 0 Å². The molecule has 0 aromatic heterocycles. The minimum absolute atomic E-state index is 0.170. The number of hydrogen-bond acceptors (Lipinski definition) is 3. The third-order valence-electron chi connectivity index (χ3n) is 1.75. The van der Waals surface area contributed by atoms with Gasteiger partial charge in [-0.3, -0.25) is 10.2 Å². The van der Waals surface area contributed by atoms with Gasteiger partial charge in [0.25, 0.3) is 5.91 Å². The number of carbonyl (C=O) groups is 1. The monoisotopic (exact) mass is 248 g/mol. The van der Waals surface area contributed by atoms with E-state index in [9.17, 15) is 4.79 Å². The van der Waals surface area contributed by atoms with Crippen LogP contribution in [0.3, 0.4) is 0 Å². The molecule has 1 amide bonds. The molecule has 15 heavy (non-hydrogen) atoms. The van der Waals surface area contributed by atoms with Gasteiger partial charge in [-0.15, -0.1) is 0 Å². The van der Waals surface area contributed by atoms with Gasteiger partial charge < -0.3 is 4.74 Å². The molecule has 0 bridgehead atoms. The molecule has 1 aromatic carbocycles. The molecule has 0 aliphatic rings. The van der Waals surface area contributed by atoms with Crippen LogP contribution in [0.2, 0.25) is 10.0 Å². The van der Waals surface area contributed by atoms with Gasteiger partial charge in [-0.25, -0.2) is 5.43 Å². The van der Waals surface area contributed by atoms with E-state index < -0.39 is 0 Å². The van der Waals surface area contributed by atoms with E-state index in [2.05, 4.69) is 10.9 Å². The summed E-state index contributed by atoms with van der Waals surface area (Å²) in [4.78, 5) is 11.5. The maximum atomic E-state index is 11.5. The number of amides is 1. The average molecular weight is 249 g/mol. The van der Waals surface area contributed by atoms with Crippen molar-refractivity contribution in [3.05, 3.63) is 27.7 Å². The largest absolute Gasteiger partial charge is 0.495 e. The fraction of sp³-hybridized carbons (Fsp3) is 0.222. The van der Waals surface area contributed by atoms with Crippen molar-refractivity contribution in [2.45, 2.75) is 0 Å². The van der Waals surface area contributed by atoms with Crippen LogP contribution in [0.25, 0.3) is 0 Å². The van der Waals surface area contributed by atoms with E-state index in [1.807, 2.05) is 0 Å². The molecule has 0 unspecified atom stereocenters. The number of hydrogen-bond donors (Lipinski definition) is 2. The van der Waals surface area contributed by atoms with Crippen molar-refractivity contribution in [1.29, 1.82) is 0 Å². The van der Waals surface area contributed by atoms with Crippen LogP contribution in [-0.4, -0.2) is 20.1 Å². The Bertz CT molecular complexity index is 383. The number of benzene rings is 1. The van der Waals surface area contributed by atoms with Crippen LogP contribution in [0.15, 0.2) is 12.1 Å². The van der Waals surface area contributed by atoms with Crippen molar-refractivity contribution >= 4 is 29.1 Å². The number of ether oxygens (including phenoxy) is 1. The fourth-order valence-corrected chi connectivity index (χ4v) is 1.53. The molecule has 1 rings (SSSR count). The first-order valence-electron chi connectivity index (χ1n) is 4.11. The number of nitrogens with one attached hydrogen (secondary N) is 2. The molecule has 0 spiro atoms. The molecule has 0 saturated heterocycles. The molecule has 0 heterocycles. The molecular formula is C9H10Cl2N2O2. The minimum atomic E-state index is -0.355. The predicted octanol–water partition coefficient (Wildman–Crippen LogP) is 1.87. The first-order valence-corrected chi connectivity index (χ1v) is 4.86. The van der Waals surface area contributed by atoms with Gasteiger partial charge in [0.1, 0.15) is 10.8 Å². The zero-order valence-electron chi connectivity index (χ0n) is 8.23. The Morgan fingerprint density at radius 1 is 1.33 bits per heavy atom. The highest BCUT2D eigenvalue weighted by Gasteiger charge is 2.15. The van der Waals surface area contributed by atoms with E-state index in [1.54, 1.807) is 19.2 Å². The van der Waals surface area contributed by atoms with Gasteiger partial charge in [0.15, 0.2) is 0 Å². The lowest BCUT2D eigenvalue weighted by Crippen LogP contribution is -2.34. The van der Waals surface area contributed by atoms with Gasteiger partial charge in [0, 0.05) is 7.05 Å². The molecule has 0 saturated carbocycles. The van der Waals surface area contributed by atoms with Gasteiger partial charge in [0.2, 0.25) is 0 Å². The van der Waals surface area contributed by atoms with Crippen LogP contribution >= 0.6 is 23.2 Å². The Hall–Kier alpha value is -0.970. The zero-order valence-corrected chi connectivity index (χ0v) is 9.74. The van der Waals surface area contributed by atoms with Gasteiger partial charge in [-0.1, -0.05) is 23.2 Å². The lowest BCUT2D eigenvalue weighted by molar-refractivity contribution is 0.0938. The molecule has 2 N–H and O–H groups in total. The summed E-state index contributed by atoms with van der Waals surface area (Å²) in [7, 11) is 3.06. The third-order valence-corrected chi connectivity index (χ3v) is 2.61. The topological polar surface area (TPSA) is 50.4 Å². The van der Waals surface area contributed by atoms with Crippen molar-refractivity contribution in [3.8, 4) is 5.75 Å². The molecule has 0 aliphatic carbocycles. The highest BCUT2D eigenvalue weighted by Crippen LogP contribution is 2.34. The van der Waals surface area contributed by atoms with E-state index in [1.165, 1.54) is 7.11 Å². The third kappa shape index (κ3) is 2.53. The average Bonchev–Trinajstić information content (AvgIpc) is 2.22. The number of methoxy groups -OCH3 is 1. The number of carbonyl (C=O) groups excluding carboxylic acids is 1.